The number of carbonyl (C=O) groups excluding carboxylic acids is 2. The van der Waals surface area contributed by atoms with Crippen LogP contribution in [-0.4, -0.2) is 47.8 Å². The first-order chi connectivity index (χ1) is 12.5. The van der Waals surface area contributed by atoms with Gasteiger partial charge in [0.15, 0.2) is 0 Å². The molecule has 0 aliphatic carbocycles. The summed E-state index contributed by atoms with van der Waals surface area (Å²) in [6.45, 7) is 6.45. The Morgan fingerprint density at radius 1 is 0.769 bits per heavy atom. The van der Waals surface area contributed by atoms with Crippen molar-refractivity contribution in [1.29, 1.82) is 0 Å². The third kappa shape index (κ3) is 4.07. The van der Waals surface area contributed by atoms with Crippen LogP contribution in [0.15, 0.2) is 42.5 Å². The fourth-order valence-corrected chi connectivity index (χ4v) is 3.28. The third-order valence-corrected chi connectivity index (χ3v) is 5.17. The maximum absolute atomic E-state index is 12.8. The van der Waals surface area contributed by atoms with Crippen LogP contribution in [0.4, 0.5) is 0 Å². The molecule has 1 fully saturated rings. The van der Waals surface area contributed by atoms with Crippen molar-refractivity contribution >= 4 is 23.4 Å². The molecule has 2 amide bonds. The molecule has 0 unspecified atom stereocenters. The molecule has 3 rings (SSSR count). The van der Waals surface area contributed by atoms with Gasteiger partial charge in [-0.15, -0.1) is 0 Å². The summed E-state index contributed by atoms with van der Waals surface area (Å²) < 4.78 is 0. The summed E-state index contributed by atoms with van der Waals surface area (Å²) >= 11 is 5.89. The highest BCUT2D eigenvalue weighted by Crippen LogP contribution is 2.16. The lowest BCUT2D eigenvalue weighted by Gasteiger charge is -2.22. The highest BCUT2D eigenvalue weighted by molar-refractivity contribution is 6.30. The molecule has 0 saturated carbocycles. The van der Waals surface area contributed by atoms with E-state index in [4.69, 9.17) is 11.6 Å². The van der Waals surface area contributed by atoms with Crippen molar-refractivity contribution in [2.24, 2.45) is 0 Å². The first kappa shape index (κ1) is 18.5. The van der Waals surface area contributed by atoms with Crippen molar-refractivity contribution in [2.45, 2.75) is 20.3 Å². The smallest absolute Gasteiger partial charge is 0.253 e. The minimum atomic E-state index is -0.0119. The van der Waals surface area contributed by atoms with Crippen LogP contribution in [0.5, 0.6) is 0 Å². The van der Waals surface area contributed by atoms with Gasteiger partial charge in [-0.25, -0.2) is 0 Å². The normalized spacial score (nSPS) is 14.9. The molecule has 0 atom stereocenters. The SMILES string of the molecule is Cc1ccc(C(=O)N2CCCN(C(=O)c3ccc(Cl)cc3)CC2)cc1C. The molecule has 0 bridgehead atoms. The van der Waals surface area contributed by atoms with Gasteiger partial charge in [-0.1, -0.05) is 17.7 Å². The highest BCUT2D eigenvalue weighted by Gasteiger charge is 2.23. The lowest BCUT2D eigenvalue weighted by molar-refractivity contribution is 0.0718. The van der Waals surface area contributed by atoms with Crippen LogP contribution in [0.3, 0.4) is 0 Å². The van der Waals surface area contributed by atoms with Gasteiger partial charge < -0.3 is 9.80 Å². The van der Waals surface area contributed by atoms with Crippen molar-refractivity contribution < 1.29 is 9.59 Å². The summed E-state index contributed by atoms with van der Waals surface area (Å²) in [5.74, 6) is 0.0241. The minimum Gasteiger partial charge on any atom is -0.337 e. The topological polar surface area (TPSA) is 40.6 Å². The molecule has 0 N–H and O–H groups in total. The van der Waals surface area contributed by atoms with E-state index in [1.807, 2.05) is 41.8 Å². The predicted molar refractivity (Wildman–Crippen MR) is 104 cm³/mol. The molecule has 136 valence electrons. The zero-order chi connectivity index (χ0) is 18.7. The zero-order valence-electron chi connectivity index (χ0n) is 15.2. The number of carbonyl (C=O) groups is 2. The Bertz CT molecular complexity index is 817. The van der Waals surface area contributed by atoms with Crippen LogP contribution >= 0.6 is 11.6 Å². The zero-order valence-corrected chi connectivity index (χ0v) is 15.9. The summed E-state index contributed by atoms with van der Waals surface area (Å²) in [6, 6.07) is 12.7. The average molecular weight is 371 g/mol. The molecule has 2 aromatic carbocycles. The lowest BCUT2D eigenvalue weighted by Crippen LogP contribution is -2.37. The first-order valence-electron chi connectivity index (χ1n) is 8.87. The van der Waals surface area contributed by atoms with E-state index in [0.717, 1.165) is 12.0 Å². The van der Waals surface area contributed by atoms with Crippen molar-refractivity contribution in [2.75, 3.05) is 26.2 Å². The summed E-state index contributed by atoms with van der Waals surface area (Å²) in [7, 11) is 0. The van der Waals surface area contributed by atoms with Crippen LogP contribution in [0.2, 0.25) is 5.02 Å². The van der Waals surface area contributed by atoms with Crippen LogP contribution in [0.25, 0.3) is 0 Å². The summed E-state index contributed by atoms with van der Waals surface area (Å²) in [5.41, 5.74) is 3.64. The van der Waals surface area contributed by atoms with Gasteiger partial charge >= 0.3 is 0 Å². The number of nitrogens with zero attached hydrogens (tertiary/aromatic N) is 2. The average Bonchev–Trinajstić information content (AvgIpc) is 2.89. The van der Waals surface area contributed by atoms with Crippen LogP contribution < -0.4 is 0 Å². The molecule has 1 heterocycles. The Kier molecular flexibility index (Phi) is 5.62. The molecule has 2 aromatic rings. The molecule has 4 nitrogen and oxygen atoms in total. The minimum absolute atomic E-state index is 0.0119. The Labute approximate surface area is 159 Å². The molecule has 1 saturated heterocycles. The van der Waals surface area contributed by atoms with Crippen LogP contribution in [0, 0.1) is 13.8 Å². The van der Waals surface area contributed by atoms with E-state index in [1.54, 1.807) is 24.3 Å². The molecular weight excluding hydrogens is 348 g/mol. The van der Waals surface area contributed by atoms with Gasteiger partial charge in [0.05, 0.1) is 0 Å². The van der Waals surface area contributed by atoms with E-state index < -0.39 is 0 Å². The fourth-order valence-electron chi connectivity index (χ4n) is 3.16. The number of hydrogen-bond acceptors (Lipinski definition) is 2. The highest BCUT2D eigenvalue weighted by atomic mass is 35.5. The Morgan fingerprint density at radius 3 is 1.88 bits per heavy atom. The predicted octanol–water partition coefficient (Wildman–Crippen LogP) is 3.95. The molecule has 0 radical (unpaired) electrons. The number of amides is 2. The summed E-state index contributed by atoms with van der Waals surface area (Å²) in [5, 5.41) is 0.613. The summed E-state index contributed by atoms with van der Waals surface area (Å²) in [6.07, 6.45) is 0.774. The standard InChI is InChI=1S/C21H23ClN2O2/c1-15-4-5-18(14-16(15)2)21(26)24-11-3-10-23(12-13-24)20(25)17-6-8-19(22)9-7-17/h4-9,14H,3,10-13H2,1-2H3. The number of halogens is 1. The Hall–Kier alpha value is -2.33. The van der Waals surface area contributed by atoms with Gasteiger partial charge in [-0.05, 0) is 67.8 Å². The van der Waals surface area contributed by atoms with E-state index in [1.165, 1.54) is 5.56 Å². The first-order valence-corrected chi connectivity index (χ1v) is 9.25. The molecule has 5 heteroatoms. The quantitative estimate of drug-likeness (QED) is 0.803. The maximum atomic E-state index is 12.8. The molecule has 1 aliphatic heterocycles. The van der Waals surface area contributed by atoms with Gasteiger partial charge in [0, 0.05) is 42.3 Å². The molecule has 1 aliphatic rings. The molecule has 0 spiro atoms. The summed E-state index contributed by atoms with van der Waals surface area (Å²) in [4.78, 5) is 29.1. The molecular formula is C21H23ClN2O2. The van der Waals surface area contributed by atoms with Crippen LogP contribution in [0.1, 0.15) is 38.3 Å². The van der Waals surface area contributed by atoms with Crippen molar-refractivity contribution in [3.05, 3.63) is 69.7 Å². The van der Waals surface area contributed by atoms with Crippen molar-refractivity contribution in [3.63, 3.8) is 0 Å². The number of benzene rings is 2. The second-order valence-corrected chi connectivity index (χ2v) is 7.18. The van der Waals surface area contributed by atoms with E-state index >= 15 is 0 Å². The van der Waals surface area contributed by atoms with E-state index in [-0.39, 0.29) is 11.8 Å². The number of aryl methyl sites for hydroxylation is 2. The van der Waals surface area contributed by atoms with Gasteiger partial charge in [0.2, 0.25) is 0 Å². The monoisotopic (exact) mass is 370 g/mol. The van der Waals surface area contributed by atoms with Gasteiger partial charge in [-0.2, -0.15) is 0 Å². The lowest BCUT2D eigenvalue weighted by atomic mass is 10.1. The number of rotatable bonds is 2. The second-order valence-electron chi connectivity index (χ2n) is 6.74. The van der Waals surface area contributed by atoms with Gasteiger partial charge in [0.25, 0.3) is 11.8 Å². The van der Waals surface area contributed by atoms with Crippen molar-refractivity contribution in [3.8, 4) is 0 Å². The second kappa shape index (κ2) is 7.92. The third-order valence-electron chi connectivity index (χ3n) is 4.92. The van der Waals surface area contributed by atoms with Gasteiger partial charge in [-0.3, -0.25) is 9.59 Å². The fraction of sp³-hybridized carbons (Fsp3) is 0.333. The Morgan fingerprint density at radius 2 is 1.31 bits per heavy atom. The maximum Gasteiger partial charge on any atom is 0.253 e. The largest absolute Gasteiger partial charge is 0.337 e. The Balaban J connectivity index is 1.67. The van der Waals surface area contributed by atoms with Crippen LogP contribution in [-0.2, 0) is 0 Å². The van der Waals surface area contributed by atoms with E-state index in [2.05, 4.69) is 0 Å². The van der Waals surface area contributed by atoms with Crippen molar-refractivity contribution in [1.82, 2.24) is 9.80 Å². The van der Waals surface area contributed by atoms with E-state index in [9.17, 15) is 9.59 Å². The molecule has 0 aromatic heterocycles. The van der Waals surface area contributed by atoms with E-state index in [0.29, 0.717) is 42.3 Å². The molecule has 26 heavy (non-hydrogen) atoms. The van der Waals surface area contributed by atoms with Gasteiger partial charge in [0.1, 0.15) is 0 Å². The number of hydrogen-bond donors (Lipinski definition) is 0.